The number of unbranched alkanes of at least 4 members (excludes halogenated alkanes) is 7. The molecule has 0 aliphatic carbocycles. The van der Waals surface area contributed by atoms with Gasteiger partial charge in [0.2, 0.25) is 5.13 Å². The van der Waals surface area contributed by atoms with Gasteiger partial charge in [-0.2, -0.15) is 0 Å². The Labute approximate surface area is 232 Å². The van der Waals surface area contributed by atoms with E-state index < -0.39 is 12.3 Å². The van der Waals surface area contributed by atoms with Gasteiger partial charge in [0, 0.05) is 38.2 Å². The normalized spacial score (nSPS) is 15.7. The maximum Gasteiger partial charge on any atom is 0.416 e. The lowest BCUT2D eigenvalue weighted by Gasteiger charge is -2.39. The van der Waals surface area contributed by atoms with Crippen molar-refractivity contribution in [1.82, 2.24) is 15.1 Å². The van der Waals surface area contributed by atoms with E-state index >= 15 is 0 Å². The molecule has 1 aromatic heterocycles. The van der Waals surface area contributed by atoms with Gasteiger partial charge in [-0.3, -0.25) is 4.90 Å². The van der Waals surface area contributed by atoms with Crippen molar-refractivity contribution < 1.29 is 14.3 Å². The van der Waals surface area contributed by atoms with Crippen LogP contribution in [0.4, 0.5) is 20.4 Å². The van der Waals surface area contributed by atoms with Crippen molar-refractivity contribution in [1.29, 1.82) is 0 Å². The Kier molecular flexibility index (Phi) is 12.8. The minimum Gasteiger partial charge on any atom is -0.424 e. The van der Waals surface area contributed by atoms with Crippen molar-refractivity contribution in [3.8, 4) is 0 Å². The molecular formula is C29H45N5O3S. The van der Waals surface area contributed by atoms with E-state index in [-0.39, 0.29) is 6.03 Å². The van der Waals surface area contributed by atoms with Crippen molar-refractivity contribution in [3.05, 3.63) is 35.3 Å². The molecule has 1 unspecified atom stereocenters. The van der Waals surface area contributed by atoms with E-state index in [1.165, 1.54) is 24.2 Å². The van der Waals surface area contributed by atoms with Crippen LogP contribution in [-0.4, -0.2) is 53.1 Å². The van der Waals surface area contributed by atoms with E-state index in [2.05, 4.69) is 31.0 Å². The predicted octanol–water partition coefficient (Wildman–Crippen LogP) is 7.64. The molecule has 2 heterocycles. The Morgan fingerprint density at radius 3 is 2.39 bits per heavy atom. The number of aryl methyl sites for hydroxylation is 1. The third-order valence-electron chi connectivity index (χ3n) is 6.86. The van der Waals surface area contributed by atoms with Gasteiger partial charge in [0.15, 0.2) is 6.23 Å². The zero-order chi connectivity index (χ0) is 27.2. The van der Waals surface area contributed by atoms with Crippen molar-refractivity contribution in [2.45, 2.75) is 104 Å². The highest BCUT2D eigenvalue weighted by molar-refractivity contribution is 7.15. The molecule has 38 heavy (non-hydrogen) atoms. The number of amides is 3. The second-order valence-electron chi connectivity index (χ2n) is 9.96. The summed E-state index contributed by atoms with van der Waals surface area (Å²) in [5.41, 5.74) is 0.794. The average Bonchev–Trinajstić information content (AvgIpc) is 3.39. The molecule has 0 N–H and O–H groups in total. The maximum atomic E-state index is 13.7. The number of anilines is 2. The first-order chi connectivity index (χ1) is 18.6. The van der Waals surface area contributed by atoms with Crippen LogP contribution in [0.2, 0.25) is 0 Å². The first-order valence-electron chi connectivity index (χ1n) is 14.5. The maximum absolute atomic E-state index is 13.7. The van der Waals surface area contributed by atoms with Crippen molar-refractivity contribution in [2.24, 2.45) is 0 Å². The van der Waals surface area contributed by atoms with Crippen LogP contribution in [0.15, 0.2) is 30.3 Å². The standard InChI is InChI=1S/C29H45N5O3S/c1-4-7-10-15-19-25-30-31-27(38-25)34-26(20-23-32(28(34)35)21-16-11-8-5-2)37-29(36)33(22-9-6-3)24-17-13-12-14-18-24/h12-14,17-18,26H,4-11,15-16,19-23H2,1-3H3. The minimum absolute atomic E-state index is 0.154. The quantitative estimate of drug-likeness (QED) is 0.203. The summed E-state index contributed by atoms with van der Waals surface area (Å²) in [6.07, 6.45) is 11.1. The van der Waals surface area contributed by atoms with Crippen LogP contribution < -0.4 is 9.80 Å². The number of ether oxygens (including phenoxy) is 1. The number of carbonyl (C=O) groups excluding carboxylic acids is 2. The first-order valence-corrected chi connectivity index (χ1v) is 15.3. The van der Waals surface area contributed by atoms with Crippen LogP contribution in [0.25, 0.3) is 0 Å². The number of nitrogens with zero attached hydrogens (tertiary/aromatic N) is 5. The Morgan fingerprint density at radius 2 is 1.68 bits per heavy atom. The molecule has 3 rings (SSSR count). The summed E-state index contributed by atoms with van der Waals surface area (Å²) in [5, 5.41) is 10.2. The summed E-state index contributed by atoms with van der Waals surface area (Å²) >= 11 is 1.44. The average molecular weight is 544 g/mol. The second-order valence-corrected chi connectivity index (χ2v) is 11.0. The molecule has 1 atom stereocenters. The third-order valence-corrected chi connectivity index (χ3v) is 7.84. The Hall–Kier alpha value is -2.68. The van der Waals surface area contributed by atoms with E-state index in [9.17, 15) is 9.59 Å². The third kappa shape index (κ3) is 8.68. The van der Waals surface area contributed by atoms with Crippen molar-refractivity contribution in [3.63, 3.8) is 0 Å². The Morgan fingerprint density at radius 1 is 0.974 bits per heavy atom. The Bertz CT molecular complexity index is 970. The number of hydrogen-bond donors (Lipinski definition) is 0. The first kappa shape index (κ1) is 29.9. The van der Waals surface area contributed by atoms with Crippen LogP contribution in [0.5, 0.6) is 0 Å². The van der Waals surface area contributed by atoms with Crippen LogP contribution in [0, 0.1) is 0 Å². The molecule has 1 aliphatic rings. The summed E-state index contributed by atoms with van der Waals surface area (Å²) in [4.78, 5) is 32.2. The molecule has 8 nitrogen and oxygen atoms in total. The molecule has 0 bridgehead atoms. The highest BCUT2D eigenvalue weighted by Gasteiger charge is 2.39. The topological polar surface area (TPSA) is 78.9 Å². The fourth-order valence-corrected chi connectivity index (χ4v) is 5.51. The van der Waals surface area contributed by atoms with Gasteiger partial charge < -0.3 is 9.64 Å². The largest absolute Gasteiger partial charge is 0.424 e. The Balaban J connectivity index is 1.77. The zero-order valence-electron chi connectivity index (χ0n) is 23.4. The van der Waals surface area contributed by atoms with Gasteiger partial charge in [-0.1, -0.05) is 95.3 Å². The molecule has 1 aliphatic heterocycles. The number of rotatable bonds is 16. The van der Waals surface area contributed by atoms with Crippen LogP contribution >= 0.6 is 11.3 Å². The monoisotopic (exact) mass is 543 g/mol. The highest BCUT2D eigenvalue weighted by atomic mass is 32.1. The van der Waals surface area contributed by atoms with Crippen molar-refractivity contribution in [2.75, 3.05) is 29.4 Å². The lowest BCUT2D eigenvalue weighted by molar-refractivity contribution is 0.0750. The van der Waals surface area contributed by atoms with Gasteiger partial charge in [-0.15, -0.1) is 10.2 Å². The number of carbonyl (C=O) groups is 2. The molecule has 2 aromatic rings. The molecule has 0 saturated carbocycles. The van der Waals surface area contributed by atoms with Gasteiger partial charge in [-0.25, -0.2) is 14.5 Å². The van der Waals surface area contributed by atoms with Gasteiger partial charge in [0.05, 0.1) is 0 Å². The van der Waals surface area contributed by atoms with E-state index in [4.69, 9.17) is 4.74 Å². The molecule has 210 valence electrons. The van der Waals surface area contributed by atoms with Gasteiger partial charge in [0.1, 0.15) is 5.01 Å². The lowest BCUT2D eigenvalue weighted by Crippen LogP contribution is -2.57. The van der Waals surface area contributed by atoms with Gasteiger partial charge in [-0.05, 0) is 31.4 Å². The van der Waals surface area contributed by atoms with E-state index in [0.29, 0.717) is 31.2 Å². The predicted molar refractivity (Wildman–Crippen MR) is 155 cm³/mol. The molecule has 1 fully saturated rings. The van der Waals surface area contributed by atoms with Crippen LogP contribution in [-0.2, 0) is 11.2 Å². The number of benzene rings is 1. The molecular weight excluding hydrogens is 498 g/mol. The molecule has 1 aromatic carbocycles. The fraction of sp³-hybridized carbons (Fsp3) is 0.655. The number of hydrogen-bond acceptors (Lipinski definition) is 6. The van der Waals surface area contributed by atoms with Gasteiger partial charge in [0.25, 0.3) is 0 Å². The summed E-state index contributed by atoms with van der Waals surface area (Å²) in [5.74, 6) is 0. The molecule has 9 heteroatoms. The number of urea groups is 1. The number of para-hydroxylation sites is 1. The zero-order valence-corrected chi connectivity index (χ0v) is 24.3. The number of aromatic nitrogens is 2. The SMILES string of the molecule is CCCCCCc1nnc(N2C(=O)N(CCCCCC)CCC2OC(=O)N(CCCC)c2ccccc2)s1. The minimum atomic E-state index is -0.712. The summed E-state index contributed by atoms with van der Waals surface area (Å²) in [6.45, 7) is 8.29. The summed E-state index contributed by atoms with van der Waals surface area (Å²) < 4.78 is 6.06. The van der Waals surface area contributed by atoms with Gasteiger partial charge >= 0.3 is 12.1 Å². The lowest BCUT2D eigenvalue weighted by atomic mass is 10.2. The molecule has 0 spiro atoms. The molecule has 3 amide bonds. The van der Waals surface area contributed by atoms with Crippen LogP contribution in [0.1, 0.15) is 96.4 Å². The molecule has 1 saturated heterocycles. The highest BCUT2D eigenvalue weighted by Crippen LogP contribution is 2.30. The second kappa shape index (κ2) is 16.3. The van der Waals surface area contributed by atoms with Crippen molar-refractivity contribution >= 4 is 34.3 Å². The fourth-order valence-electron chi connectivity index (χ4n) is 4.60. The smallest absolute Gasteiger partial charge is 0.416 e. The van der Waals surface area contributed by atoms with Crippen LogP contribution in [0.3, 0.4) is 0 Å². The summed E-state index contributed by atoms with van der Waals surface area (Å²) in [7, 11) is 0. The summed E-state index contributed by atoms with van der Waals surface area (Å²) in [6, 6.07) is 9.43. The van der Waals surface area contributed by atoms with E-state index in [1.807, 2.05) is 35.2 Å². The van der Waals surface area contributed by atoms with E-state index in [1.54, 1.807) is 9.80 Å². The van der Waals surface area contributed by atoms with E-state index in [0.717, 1.165) is 68.5 Å². The molecule has 0 radical (unpaired) electrons.